The van der Waals surface area contributed by atoms with Crippen molar-refractivity contribution in [1.29, 1.82) is 0 Å². The first-order valence-electron chi connectivity index (χ1n) is 7.30. The number of benzene rings is 1. The summed E-state index contributed by atoms with van der Waals surface area (Å²) in [6.45, 7) is 10.3. The summed E-state index contributed by atoms with van der Waals surface area (Å²) in [4.78, 5) is 0. The maximum atomic E-state index is 13.8. The Morgan fingerprint density at radius 1 is 1.30 bits per heavy atom. The fourth-order valence-corrected chi connectivity index (χ4v) is 3.53. The summed E-state index contributed by atoms with van der Waals surface area (Å²) in [6, 6.07) is 5.61. The third-order valence-corrected chi connectivity index (χ3v) is 4.41. The highest BCUT2D eigenvalue weighted by atomic mass is 19.1. The van der Waals surface area contributed by atoms with E-state index in [1.54, 1.807) is 13.0 Å². The molecule has 2 nitrogen and oxygen atoms in total. The third kappa shape index (κ3) is 2.89. The van der Waals surface area contributed by atoms with Crippen LogP contribution in [0, 0.1) is 18.7 Å². The summed E-state index contributed by atoms with van der Waals surface area (Å²) >= 11 is 0. The maximum Gasteiger partial charge on any atom is 0.126 e. The van der Waals surface area contributed by atoms with Crippen LogP contribution in [0.3, 0.4) is 0 Å². The monoisotopic (exact) mass is 279 g/mol. The van der Waals surface area contributed by atoms with E-state index in [1.165, 1.54) is 0 Å². The number of halogens is 1. The average Bonchev–Trinajstić information content (AvgIpc) is 2.53. The quantitative estimate of drug-likeness (QED) is 0.903. The number of aryl methyl sites for hydroxylation is 1. The van der Waals surface area contributed by atoms with Gasteiger partial charge < -0.3 is 10.1 Å². The van der Waals surface area contributed by atoms with E-state index in [-0.39, 0.29) is 23.1 Å². The van der Waals surface area contributed by atoms with Gasteiger partial charge in [0, 0.05) is 12.0 Å². The van der Waals surface area contributed by atoms with Crippen molar-refractivity contribution < 1.29 is 9.13 Å². The molecule has 1 aromatic carbocycles. The topological polar surface area (TPSA) is 21.3 Å². The lowest BCUT2D eigenvalue weighted by Crippen LogP contribution is -2.37. The minimum atomic E-state index is -0.224. The molecule has 1 aromatic rings. The van der Waals surface area contributed by atoms with Gasteiger partial charge in [-0.2, -0.15) is 0 Å². The average molecular weight is 279 g/mol. The number of nitrogens with one attached hydrogen (secondary N) is 1. The molecule has 0 amide bonds. The van der Waals surface area contributed by atoms with Gasteiger partial charge in [0.1, 0.15) is 5.82 Å². The van der Waals surface area contributed by atoms with Crippen LogP contribution in [-0.4, -0.2) is 18.2 Å². The van der Waals surface area contributed by atoms with E-state index < -0.39 is 0 Å². The molecule has 1 aliphatic rings. The van der Waals surface area contributed by atoms with Gasteiger partial charge in [-0.25, -0.2) is 4.39 Å². The Kier molecular flexibility index (Phi) is 3.96. The Morgan fingerprint density at radius 3 is 2.40 bits per heavy atom. The van der Waals surface area contributed by atoms with Gasteiger partial charge in [-0.3, -0.25) is 0 Å². The van der Waals surface area contributed by atoms with E-state index in [9.17, 15) is 4.39 Å². The molecular formula is C17H26FNO. The number of hydrogen-bond donors (Lipinski definition) is 1. The molecule has 0 aliphatic carbocycles. The standard InChI is InChI=1S/C17H26FNO/c1-11-7-8-12(9-14(11)18)15(19-6)13-10-16(2,3)20-17(13,4)5/h7-9,13,15,19H,10H2,1-6H3. The Balaban J connectivity index is 2.35. The molecule has 1 aliphatic heterocycles. The molecule has 0 aromatic heterocycles. The van der Waals surface area contributed by atoms with Crippen LogP contribution in [0.5, 0.6) is 0 Å². The molecule has 0 radical (unpaired) electrons. The summed E-state index contributed by atoms with van der Waals surface area (Å²) in [5.74, 6) is 0.170. The van der Waals surface area contributed by atoms with Crippen molar-refractivity contribution in [2.24, 2.45) is 5.92 Å². The highest BCUT2D eigenvalue weighted by Gasteiger charge is 2.49. The second-order valence-corrected chi connectivity index (χ2v) is 7.05. The van der Waals surface area contributed by atoms with E-state index in [0.717, 1.165) is 12.0 Å². The van der Waals surface area contributed by atoms with E-state index in [4.69, 9.17) is 4.74 Å². The van der Waals surface area contributed by atoms with Crippen LogP contribution >= 0.6 is 0 Å². The number of ether oxygens (including phenoxy) is 1. The molecule has 0 bridgehead atoms. The zero-order chi connectivity index (χ0) is 15.1. The van der Waals surface area contributed by atoms with Crippen molar-refractivity contribution in [3.8, 4) is 0 Å². The predicted molar refractivity (Wildman–Crippen MR) is 80.3 cm³/mol. The van der Waals surface area contributed by atoms with Gasteiger partial charge in [-0.05, 0) is 65.3 Å². The smallest absolute Gasteiger partial charge is 0.126 e. The van der Waals surface area contributed by atoms with Crippen LogP contribution in [0.15, 0.2) is 18.2 Å². The van der Waals surface area contributed by atoms with E-state index in [0.29, 0.717) is 11.5 Å². The van der Waals surface area contributed by atoms with Gasteiger partial charge in [0.25, 0.3) is 0 Å². The summed E-state index contributed by atoms with van der Waals surface area (Å²) in [6.07, 6.45) is 0.959. The summed E-state index contributed by atoms with van der Waals surface area (Å²) in [5.41, 5.74) is 1.33. The highest BCUT2D eigenvalue weighted by Crippen LogP contribution is 2.47. The van der Waals surface area contributed by atoms with Gasteiger partial charge >= 0.3 is 0 Å². The van der Waals surface area contributed by atoms with Crippen molar-refractivity contribution in [1.82, 2.24) is 5.32 Å². The molecule has 2 atom stereocenters. The Hall–Kier alpha value is -0.930. The van der Waals surface area contributed by atoms with Crippen molar-refractivity contribution in [2.75, 3.05) is 7.05 Å². The molecule has 2 unspecified atom stereocenters. The molecular weight excluding hydrogens is 253 g/mol. The summed E-state index contributed by atoms with van der Waals surface area (Å²) in [5, 5.41) is 3.35. The molecule has 1 fully saturated rings. The molecule has 112 valence electrons. The first-order valence-corrected chi connectivity index (χ1v) is 7.30. The molecule has 2 rings (SSSR count). The molecule has 1 N–H and O–H groups in total. The second kappa shape index (κ2) is 5.12. The number of rotatable bonds is 3. The first-order chi connectivity index (χ1) is 9.16. The van der Waals surface area contributed by atoms with Crippen molar-refractivity contribution in [3.63, 3.8) is 0 Å². The van der Waals surface area contributed by atoms with Crippen molar-refractivity contribution in [2.45, 2.75) is 58.3 Å². The minimum Gasteiger partial charge on any atom is -0.369 e. The van der Waals surface area contributed by atoms with Gasteiger partial charge in [0.05, 0.1) is 11.2 Å². The normalized spacial score (nSPS) is 25.6. The van der Waals surface area contributed by atoms with Crippen LogP contribution in [0.4, 0.5) is 4.39 Å². The fourth-order valence-electron chi connectivity index (χ4n) is 3.53. The molecule has 0 saturated carbocycles. The van der Waals surface area contributed by atoms with Crippen LogP contribution < -0.4 is 5.32 Å². The van der Waals surface area contributed by atoms with Crippen LogP contribution in [0.1, 0.15) is 51.3 Å². The maximum absolute atomic E-state index is 13.8. The summed E-state index contributed by atoms with van der Waals surface area (Å²) < 4.78 is 20.0. The highest BCUT2D eigenvalue weighted by molar-refractivity contribution is 5.27. The minimum absolute atomic E-state index is 0.0990. The molecule has 1 heterocycles. The van der Waals surface area contributed by atoms with Gasteiger partial charge in [0.2, 0.25) is 0 Å². The van der Waals surface area contributed by atoms with Crippen LogP contribution in [0.2, 0.25) is 0 Å². The lowest BCUT2D eigenvalue weighted by atomic mass is 9.79. The zero-order valence-electron chi connectivity index (χ0n) is 13.4. The Morgan fingerprint density at radius 2 is 1.95 bits per heavy atom. The van der Waals surface area contributed by atoms with Gasteiger partial charge in [-0.15, -0.1) is 0 Å². The molecule has 3 heteroatoms. The Labute approximate surface area is 121 Å². The second-order valence-electron chi connectivity index (χ2n) is 7.05. The van der Waals surface area contributed by atoms with Gasteiger partial charge in [0.15, 0.2) is 0 Å². The van der Waals surface area contributed by atoms with Gasteiger partial charge in [-0.1, -0.05) is 12.1 Å². The largest absolute Gasteiger partial charge is 0.369 e. The van der Waals surface area contributed by atoms with Crippen LogP contribution in [0.25, 0.3) is 0 Å². The Bertz CT molecular complexity index is 496. The first kappa shape index (κ1) is 15.5. The fraction of sp³-hybridized carbons (Fsp3) is 0.647. The van der Waals surface area contributed by atoms with Crippen molar-refractivity contribution in [3.05, 3.63) is 35.1 Å². The molecule has 0 spiro atoms. The van der Waals surface area contributed by atoms with E-state index in [1.807, 2.05) is 19.2 Å². The molecule has 20 heavy (non-hydrogen) atoms. The predicted octanol–water partition coefficient (Wildman–Crippen LogP) is 3.99. The lowest BCUT2D eigenvalue weighted by Gasteiger charge is -2.33. The zero-order valence-corrected chi connectivity index (χ0v) is 13.4. The lowest BCUT2D eigenvalue weighted by molar-refractivity contribution is -0.0776. The third-order valence-electron chi connectivity index (χ3n) is 4.41. The van der Waals surface area contributed by atoms with Crippen molar-refractivity contribution >= 4 is 0 Å². The van der Waals surface area contributed by atoms with E-state index >= 15 is 0 Å². The van der Waals surface area contributed by atoms with E-state index in [2.05, 4.69) is 33.0 Å². The SMILES string of the molecule is CNC(c1ccc(C)c(F)c1)C1CC(C)(C)OC1(C)C. The number of hydrogen-bond acceptors (Lipinski definition) is 2. The van der Waals surface area contributed by atoms with Crippen LogP contribution in [-0.2, 0) is 4.74 Å². The summed E-state index contributed by atoms with van der Waals surface area (Å²) in [7, 11) is 1.93. The molecule has 1 saturated heterocycles.